The molecular weight excluding hydrogens is 320 g/mol. The molecule has 4 nitrogen and oxygen atoms in total. The first kappa shape index (κ1) is 20.9. The van der Waals surface area contributed by atoms with Crippen LogP contribution >= 0.6 is 11.8 Å². The van der Waals surface area contributed by atoms with Crippen LogP contribution < -0.4 is 11.5 Å². The van der Waals surface area contributed by atoms with E-state index >= 15 is 0 Å². The van der Waals surface area contributed by atoms with E-state index in [9.17, 15) is 9.59 Å². The molecule has 2 atom stereocenters. The lowest BCUT2D eigenvalue weighted by atomic mass is 9.94. The first-order chi connectivity index (χ1) is 11.3. The minimum absolute atomic E-state index is 0.0522. The summed E-state index contributed by atoms with van der Waals surface area (Å²) in [6.45, 7) is 3.73. The SMILES string of the molecule is CSCC[C@@H](N)C(=O)CCc1cccc(C[C@@H](N)C(=O)C(C)C)c1. The maximum Gasteiger partial charge on any atom is 0.152 e. The Morgan fingerprint density at radius 1 is 1.12 bits per heavy atom. The average Bonchev–Trinajstić information content (AvgIpc) is 2.56. The summed E-state index contributed by atoms with van der Waals surface area (Å²) in [7, 11) is 0. The van der Waals surface area contributed by atoms with Crippen LogP contribution in [0.5, 0.6) is 0 Å². The third kappa shape index (κ3) is 7.16. The molecular formula is C19H30N2O2S. The van der Waals surface area contributed by atoms with Crippen molar-refractivity contribution >= 4 is 23.3 Å². The summed E-state index contributed by atoms with van der Waals surface area (Å²) in [6, 6.07) is 7.13. The number of thioether (sulfide) groups is 1. The van der Waals surface area contributed by atoms with E-state index in [4.69, 9.17) is 11.5 Å². The van der Waals surface area contributed by atoms with Crippen LogP contribution in [0.1, 0.15) is 37.8 Å². The third-order valence-corrected chi connectivity index (χ3v) is 4.73. The Morgan fingerprint density at radius 2 is 1.79 bits per heavy atom. The Labute approximate surface area is 149 Å². The Kier molecular flexibility index (Phi) is 9.26. The van der Waals surface area contributed by atoms with Crippen molar-refractivity contribution in [3.63, 3.8) is 0 Å². The summed E-state index contributed by atoms with van der Waals surface area (Å²) >= 11 is 1.70. The predicted molar refractivity (Wildman–Crippen MR) is 102 cm³/mol. The van der Waals surface area contributed by atoms with Crippen LogP contribution in [-0.4, -0.2) is 35.7 Å². The van der Waals surface area contributed by atoms with Gasteiger partial charge in [0.25, 0.3) is 0 Å². The van der Waals surface area contributed by atoms with Crippen LogP contribution in [0, 0.1) is 5.92 Å². The molecule has 0 heterocycles. The van der Waals surface area contributed by atoms with E-state index in [2.05, 4.69) is 0 Å². The number of carbonyl (C=O) groups excluding carboxylic acids is 2. The summed E-state index contributed by atoms with van der Waals surface area (Å²) in [5.41, 5.74) is 14.0. The normalized spacial score (nSPS) is 13.8. The van der Waals surface area contributed by atoms with Crippen molar-refractivity contribution in [3.8, 4) is 0 Å². The number of nitrogens with two attached hydrogens (primary N) is 2. The fraction of sp³-hybridized carbons (Fsp3) is 0.579. The van der Waals surface area contributed by atoms with Gasteiger partial charge in [0.15, 0.2) is 5.78 Å². The lowest BCUT2D eigenvalue weighted by Gasteiger charge is -2.14. The maximum absolute atomic E-state index is 12.1. The lowest BCUT2D eigenvalue weighted by Crippen LogP contribution is -2.35. The van der Waals surface area contributed by atoms with Gasteiger partial charge in [-0.3, -0.25) is 9.59 Å². The molecule has 1 rings (SSSR count). The van der Waals surface area contributed by atoms with Gasteiger partial charge < -0.3 is 11.5 Å². The molecule has 1 aromatic rings. The standard InChI is InChI=1S/C19H30N2O2S/c1-13(2)19(23)17(21)12-15-6-4-5-14(11-15)7-8-18(22)16(20)9-10-24-3/h4-6,11,13,16-17H,7-10,12,20-21H2,1-3H3/t16-,17-/m1/s1. The molecule has 0 amide bonds. The van der Waals surface area contributed by atoms with E-state index in [1.165, 1.54) is 0 Å². The van der Waals surface area contributed by atoms with E-state index in [-0.39, 0.29) is 23.5 Å². The van der Waals surface area contributed by atoms with Crippen molar-refractivity contribution < 1.29 is 9.59 Å². The van der Waals surface area contributed by atoms with Crippen LogP contribution in [0.2, 0.25) is 0 Å². The van der Waals surface area contributed by atoms with E-state index in [1.54, 1.807) is 11.8 Å². The lowest BCUT2D eigenvalue weighted by molar-refractivity contribution is -0.123. The number of aryl methyl sites for hydroxylation is 1. The molecule has 0 saturated heterocycles. The second-order valence-corrected chi connectivity index (χ2v) is 7.53. The number of hydrogen-bond donors (Lipinski definition) is 2. The smallest absolute Gasteiger partial charge is 0.152 e. The first-order valence-electron chi connectivity index (χ1n) is 8.49. The number of hydrogen-bond acceptors (Lipinski definition) is 5. The molecule has 0 radical (unpaired) electrons. The molecule has 0 aromatic heterocycles. The second kappa shape index (κ2) is 10.6. The minimum Gasteiger partial charge on any atom is -0.321 e. The molecule has 4 N–H and O–H groups in total. The van der Waals surface area contributed by atoms with Gasteiger partial charge in [0.2, 0.25) is 0 Å². The molecule has 24 heavy (non-hydrogen) atoms. The molecule has 0 bridgehead atoms. The molecule has 0 unspecified atom stereocenters. The van der Waals surface area contributed by atoms with Gasteiger partial charge in [-0.1, -0.05) is 38.1 Å². The zero-order valence-electron chi connectivity index (χ0n) is 15.0. The monoisotopic (exact) mass is 350 g/mol. The highest BCUT2D eigenvalue weighted by atomic mass is 32.2. The van der Waals surface area contributed by atoms with Crippen LogP contribution in [0.4, 0.5) is 0 Å². The topological polar surface area (TPSA) is 86.2 Å². The molecule has 5 heteroatoms. The summed E-state index contributed by atoms with van der Waals surface area (Å²) in [6.07, 6.45) is 4.40. The Hall–Kier alpha value is -1.17. The van der Waals surface area contributed by atoms with Crippen LogP contribution in [0.3, 0.4) is 0 Å². The second-order valence-electron chi connectivity index (χ2n) is 6.54. The molecule has 0 spiro atoms. The Bertz CT molecular complexity index is 546. The van der Waals surface area contributed by atoms with Crippen molar-refractivity contribution in [1.82, 2.24) is 0 Å². The summed E-state index contributed by atoms with van der Waals surface area (Å²) in [4.78, 5) is 24.0. The van der Waals surface area contributed by atoms with Gasteiger partial charge in [0, 0.05) is 12.3 Å². The van der Waals surface area contributed by atoms with Crippen molar-refractivity contribution in [2.24, 2.45) is 17.4 Å². The van der Waals surface area contributed by atoms with Gasteiger partial charge in [-0.05, 0) is 42.4 Å². The molecule has 134 valence electrons. The number of carbonyl (C=O) groups is 2. The molecule has 0 saturated carbocycles. The van der Waals surface area contributed by atoms with E-state index in [0.29, 0.717) is 19.3 Å². The van der Waals surface area contributed by atoms with Gasteiger partial charge in [-0.15, -0.1) is 0 Å². The van der Waals surface area contributed by atoms with Gasteiger partial charge in [0.1, 0.15) is 5.78 Å². The van der Waals surface area contributed by atoms with Crippen LogP contribution in [0.15, 0.2) is 24.3 Å². The van der Waals surface area contributed by atoms with Gasteiger partial charge in [-0.2, -0.15) is 11.8 Å². The zero-order chi connectivity index (χ0) is 18.1. The van der Waals surface area contributed by atoms with Gasteiger partial charge >= 0.3 is 0 Å². The molecule has 0 fully saturated rings. The van der Waals surface area contributed by atoms with E-state index < -0.39 is 6.04 Å². The van der Waals surface area contributed by atoms with Crippen molar-refractivity contribution in [2.75, 3.05) is 12.0 Å². The highest BCUT2D eigenvalue weighted by molar-refractivity contribution is 7.98. The highest BCUT2D eigenvalue weighted by Crippen LogP contribution is 2.12. The quantitative estimate of drug-likeness (QED) is 0.640. The predicted octanol–water partition coefficient (Wildman–Crippen LogP) is 2.36. The number of rotatable bonds is 11. The molecule has 0 aliphatic rings. The molecule has 0 aliphatic heterocycles. The Morgan fingerprint density at radius 3 is 2.42 bits per heavy atom. The molecule has 0 aliphatic carbocycles. The van der Waals surface area contributed by atoms with Crippen LogP contribution in [-0.2, 0) is 22.4 Å². The fourth-order valence-corrected chi connectivity index (χ4v) is 3.04. The number of ketones is 2. The minimum atomic E-state index is -0.471. The number of Topliss-reactive ketones (excluding diaryl/α,β-unsaturated/α-hetero) is 2. The summed E-state index contributed by atoms with van der Waals surface area (Å²) < 4.78 is 0. The summed E-state index contributed by atoms with van der Waals surface area (Å²) in [5.74, 6) is 1.05. The summed E-state index contributed by atoms with van der Waals surface area (Å²) in [5, 5.41) is 0. The molecule has 1 aromatic carbocycles. The van der Waals surface area contributed by atoms with E-state index in [1.807, 2.05) is 44.4 Å². The van der Waals surface area contributed by atoms with Crippen molar-refractivity contribution in [3.05, 3.63) is 35.4 Å². The first-order valence-corrected chi connectivity index (χ1v) is 9.88. The zero-order valence-corrected chi connectivity index (χ0v) is 15.8. The third-order valence-electron chi connectivity index (χ3n) is 4.09. The van der Waals surface area contributed by atoms with Gasteiger partial charge in [-0.25, -0.2) is 0 Å². The number of benzene rings is 1. The average molecular weight is 351 g/mol. The highest BCUT2D eigenvalue weighted by Gasteiger charge is 2.17. The maximum atomic E-state index is 12.1. The fourth-order valence-electron chi connectivity index (χ4n) is 2.55. The Balaban J connectivity index is 2.56. The van der Waals surface area contributed by atoms with E-state index in [0.717, 1.165) is 23.3 Å². The van der Waals surface area contributed by atoms with Gasteiger partial charge in [0.05, 0.1) is 12.1 Å². The van der Waals surface area contributed by atoms with Crippen LogP contribution in [0.25, 0.3) is 0 Å². The largest absolute Gasteiger partial charge is 0.321 e. The van der Waals surface area contributed by atoms with Crippen molar-refractivity contribution in [1.29, 1.82) is 0 Å². The van der Waals surface area contributed by atoms with Crippen molar-refractivity contribution in [2.45, 2.75) is 51.6 Å².